The third kappa shape index (κ3) is 7.12. The fourth-order valence-corrected chi connectivity index (χ4v) is 4.19. The number of aliphatic imine (C=N–C) groups is 1. The molecule has 1 saturated carbocycles. The average molecular weight is 425 g/mol. The van der Waals surface area contributed by atoms with Gasteiger partial charge in [-0.2, -0.15) is 0 Å². The zero-order chi connectivity index (χ0) is 21.3. The van der Waals surface area contributed by atoms with Crippen LogP contribution < -0.4 is 10.8 Å². The Hall–Kier alpha value is -1.87. The van der Waals surface area contributed by atoms with Crippen molar-refractivity contribution in [3.8, 4) is 0 Å². The van der Waals surface area contributed by atoms with Crippen molar-refractivity contribution in [1.82, 2.24) is 15.7 Å². The highest BCUT2D eigenvalue weighted by atomic mass is 16.7. The summed E-state index contributed by atoms with van der Waals surface area (Å²) in [6.07, 6.45) is 5.94. The Morgan fingerprint density at radius 3 is 2.67 bits per heavy atom. The summed E-state index contributed by atoms with van der Waals surface area (Å²) in [5.41, 5.74) is 2.79. The average Bonchev–Trinajstić information content (AvgIpc) is 3.18. The molecule has 3 fully saturated rings. The molecule has 2 amide bonds. The fraction of sp³-hybridized carbons (Fsp3) is 0.857. The first-order chi connectivity index (χ1) is 14.5. The number of alkyl carbamates (subject to hydrolysis) is 1. The Morgan fingerprint density at radius 2 is 2.00 bits per heavy atom. The molecule has 170 valence electrons. The van der Waals surface area contributed by atoms with E-state index in [-0.39, 0.29) is 18.1 Å². The molecule has 1 unspecified atom stereocenters. The molecule has 0 radical (unpaired) electrons. The number of ether oxygens (including phenoxy) is 2. The Labute approximate surface area is 178 Å². The van der Waals surface area contributed by atoms with Crippen molar-refractivity contribution in [3.63, 3.8) is 0 Å². The largest absolute Gasteiger partial charge is 0.436 e. The van der Waals surface area contributed by atoms with Gasteiger partial charge < -0.3 is 19.7 Å². The van der Waals surface area contributed by atoms with Crippen molar-refractivity contribution in [2.24, 2.45) is 10.9 Å². The van der Waals surface area contributed by atoms with Crippen LogP contribution in [0.2, 0.25) is 0 Å². The van der Waals surface area contributed by atoms with Crippen LogP contribution in [-0.2, 0) is 19.1 Å². The van der Waals surface area contributed by atoms with Crippen LogP contribution in [-0.4, -0.2) is 73.8 Å². The molecule has 0 spiro atoms. The summed E-state index contributed by atoms with van der Waals surface area (Å²) in [5.74, 6) is 1.11. The first-order valence-electron chi connectivity index (χ1n) is 11.3. The highest BCUT2D eigenvalue weighted by Crippen LogP contribution is 2.28. The van der Waals surface area contributed by atoms with Gasteiger partial charge in [0.1, 0.15) is 5.84 Å². The number of carbonyl (C=O) groups is 2. The smallest absolute Gasteiger partial charge is 0.408 e. The SMILES string of the molecule is CC1CC(=NC[C@H](C)NC(=O)O[C@@H](CC2CCCCC2)C(=O)N2CCOCC2)NO1. The van der Waals surface area contributed by atoms with E-state index in [0.29, 0.717) is 45.2 Å². The van der Waals surface area contributed by atoms with Gasteiger partial charge in [-0.15, -0.1) is 0 Å². The van der Waals surface area contributed by atoms with Crippen molar-refractivity contribution in [2.45, 2.75) is 77.0 Å². The van der Waals surface area contributed by atoms with Crippen molar-refractivity contribution < 1.29 is 23.9 Å². The van der Waals surface area contributed by atoms with Crippen LogP contribution in [0, 0.1) is 5.92 Å². The van der Waals surface area contributed by atoms with Gasteiger partial charge in [-0.3, -0.25) is 20.1 Å². The zero-order valence-corrected chi connectivity index (χ0v) is 18.2. The van der Waals surface area contributed by atoms with Gasteiger partial charge in [-0.05, 0) is 26.2 Å². The van der Waals surface area contributed by atoms with E-state index in [4.69, 9.17) is 14.3 Å². The van der Waals surface area contributed by atoms with Gasteiger partial charge in [0.2, 0.25) is 0 Å². The first-order valence-corrected chi connectivity index (χ1v) is 11.3. The third-order valence-corrected chi connectivity index (χ3v) is 5.90. The Bertz CT molecular complexity index is 602. The minimum Gasteiger partial charge on any atom is -0.436 e. The Balaban J connectivity index is 1.52. The Morgan fingerprint density at radius 1 is 1.27 bits per heavy atom. The number of amides is 2. The maximum absolute atomic E-state index is 13.0. The summed E-state index contributed by atoms with van der Waals surface area (Å²) in [4.78, 5) is 37.0. The zero-order valence-electron chi connectivity index (χ0n) is 18.2. The van der Waals surface area contributed by atoms with Crippen LogP contribution in [0.4, 0.5) is 4.79 Å². The third-order valence-electron chi connectivity index (χ3n) is 5.90. The summed E-state index contributed by atoms with van der Waals surface area (Å²) in [7, 11) is 0. The van der Waals surface area contributed by atoms with Gasteiger partial charge >= 0.3 is 6.09 Å². The van der Waals surface area contributed by atoms with E-state index < -0.39 is 12.2 Å². The first kappa shape index (κ1) is 22.8. The highest BCUT2D eigenvalue weighted by molar-refractivity contribution is 5.84. The predicted octanol–water partition coefficient (Wildman–Crippen LogP) is 2.01. The van der Waals surface area contributed by atoms with Crippen molar-refractivity contribution in [1.29, 1.82) is 0 Å². The van der Waals surface area contributed by atoms with Crippen LogP contribution in [0.25, 0.3) is 0 Å². The van der Waals surface area contributed by atoms with Crippen LogP contribution in [0.5, 0.6) is 0 Å². The lowest BCUT2D eigenvalue weighted by molar-refractivity contribution is -0.145. The van der Waals surface area contributed by atoms with Gasteiger partial charge in [0.15, 0.2) is 6.10 Å². The molecular weight excluding hydrogens is 388 g/mol. The number of rotatable bonds is 7. The van der Waals surface area contributed by atoms with E-state index in [1.807, 2.05) is 13.8 Å². The van der Waals surface area contributed by atoms with Gasteiger partial charge in [0.05, 0.1) is 25.9 Å². The minimum atomic E-state index is -0.740. The molecule has 9 nitrogen and oxygen atoms in total. The lowest BCUT2D eigenvalue weighted by Crippen LogP contribution is -2.49. The molecule has 1 aliphatic carbocycles. The molecule has 0 aromatic heterocycles. The number of hydrogen-bond donors (Lipinski definition) is 2. The van der Waals surface area contributed by atoms with E-state index in [1.54, 1.807) is 4.90 Å². The summed E-state index contributed by atoms with van der Waals surface area (Å²) in [6.45, 7) is 6.40. The summed E-state index contributed by atoms with van der Waals surface area (Å²) >= 11 is 0. The number of amidine groups is 1. The summed E-state index contributed by atoms with van der Waals surface area (Å²) in [5, 5.41) is 2.81. The van der Waals surface area contributed by atoms with Gasteiger partial charge in [0, 0.05) is 25.6 Å². The van der Waals surface area contributed by atoms with Crippen LogP contribution in [0.15, 0.2) is 4.99 Å². The maximum Gasteiger partial charge on any atom is 0.408 e. The molecule has 2 N–H and O–H groups in total. The second kappa shape index (κ2) is 11.5. The van der Waals surface area contributed by atoms with E-state index in [0.717, 1.165) is 25.1 Å². The molecule has 30 heavy (non-hydrogen) atoms. The van der Waals surface area contributed by atoms with E-state index in [1.165, 1.54) is 19.3 Å². The fourth-order valence-electron chi connectivity index (χ4n) is 4.19. The predicted molar refractivity (Wildman–Crippen MR) is 112 cm³/mol. The minimum absolute atomic E-state index is 0.101. The second-order valence-electron chi connectivity index (χ2n) is 8.64. The molecule has 3 aliphatic rings. The molecule has 2 heterocycles. The number of hydroxylamine groups is 1. The number of hydrogen-bond acceptors (Lipinski definition) is 6. The summed E-state index contributed by atoms with van der Waals surface area (Å²) < 4.78 is 11.0. The molecule has 0 aromatic rings. The molecule has 2 saturated heterocycles. The lowest BCUT2D eigenvalue weighted by atomic mass is 9.85. The molecule has 0 bridgehead atoms. The molecule has 9 heteroatoms. The van der Waals surface area contributed by atoms with Crippen molar-refractivity contribution >= 4 is 17.8 Å². The Kier molecular flexibility index (Phi) is 8.74. The maximum atomic E-state index is 13.0. The van der Waals surface area contributed by atoms with E-state index >= 15 is 0 Å². The lowest BCUT2D eigenvalue weighted by Gasteiger charge is -2.32. The topological polar surface area (TPSA) is 101 Å². The van der Waals surface area contributed by atoms with Crippen LogP contribution >= 0.6 is 0 Å². The standard InChI is InChI=1S/C21H36N4O5/c1-15(14-22-19-12-16(2)30-24-19)23-21(27)29-18(13-17-6-4-3-5-7-17)20(26)25-8-10-28-11-9-25/h15-18H,3-14H2,1-2H3,(H,22,24)(H,23,27)/t15-,16?,18-/m0/s1. The number of morpholine rings is 1. The van der Waals surface area contributed by atoms with Crippen LogP contribution in [0.3, 0.4) is 0 Å². The van der Waals surface area contributed by atoms with Gasteiger partial charge in [0.25, 0.3) is 5.91 Å². The molecule has 0 aromatic carbocycles. The van der Waals surface area contributed by atoms with Crippen LogP contribution in [0.1, 0.15) is 58.8 Å². The normalized spacial score (nSPS) is 26.1. The molecule has 3 rings (SSSR count). The van der Waals surface area contributed by atoms with E-state index in [2.05, 4.69) is 15.8 Å². The quantitative estimate of drug-likeness (QED) is 0.648. The molecular formula is C21H36N4O5. The monoisotopic (exact) mass is 424 g/mol. The van der Waals surface area contributed by atoms with Gasteiger partial charge in [-0.1, -0.05) is 32.1 Å². The molecule has 3 atom stereocenters. The number of nitrogens with zero attached hydrogens (tertiary/aromatic N) is 2. The highest BCUT2D eigenvalue weighted by Gasteiger charge is 2.32. The number of nitrogens with one attached hydrogen (secondary N) is 2. The van der Waals surface area contributed by atoms with Crippen molar-refractivity contribution in [2.75, 3.05) is 32.8 Å². The molecule has 2 aliphatic heterocycles. The van der Waals surface area contributed by atoms with E-state index in [9.17, 15) is 9.59 Å². The number of carbonyl (C=O) groups excluding carboxylic acids is 2. The van der Waals surface area contributed by atoms with Gasteiger partial charge in [-0.25, -0.2) is 4.79 Å². The van der Waals surface area contributed by atoms with Crippen molar-refractivity contribution in [3.05, 3.63) is 0 Å². The summed E-state index contributed by atoms with van der Waals surface area (Å²) in [6, 6.07) is -0.212. The second-order valence-corrected chi connectivity index (χ2v) is 8.64.